The van der Waals surface area contributed by atoms with Gasteiger partial charge in [-0.2, -0.15) is 5.10 Å². The highest BCUT2D eigenvalue weighted by Gasteiger charge is 2.29. The number of anilines is 2. The summed E-state index contributed by atoms with van der Waals surface area (Å²) in [5.41, 5.74) is 1.75. The Morgan fingerprint density at radius 1 is 1.25 bits per heavy atom. The van der Waals surface area contributed by atoms with Gasteiger partial charge in [0.25, 0.3) is 0 Å². The number of nitrogens with zero attached hydrogens (tertiary/aromatic N) is 4. The topological polar surface area (TPSA) is 84.7 Å². The third kappa shape index (κ3) is 2.58. The number of rotatable bonds is 4. The third-order valence-electron chi connectivity index (χ3n) is 4.20. The number of carbonyl (C=O) groups excluding carboxylic acids is 1. The summed E-state index contributed by atoms with van der Waals surface area (Å²) in [6.07, 6.45) is 7.36. The normalized spacial score (nSPS) is 13.9. The minimum Gasteiger partial charge on any atom is -0.373 e. The average molecular weight is 322 g/mol. The van der Waals surface area contributed by atoms with E-state index in [0.29, 0.717) is 5.82 Å². The molecule has 3 aromatic rings. The summed E-state index contributed by atoms with van der Waals surface area (Å²) in [6, 6.07) is 3.83. The molecule has 1 aliphatic rings. The Labute approximate surface area is 139 Å². The molecule has 0 radical (unpaired) electrons. The van der Waals surface area contributed by atoms with Crippen LogP contribution in [0, 0.1) is 5.92 Å². The Balaban J connectivity index is 1.83. The van der Waals surface area contributed by atoms with Crippen LogP contribution < -0.4 is 10.6 Å². The molecule has 1 saturated carbocycles. The Morgan fingerprint density at radius 2 is 2.08 bits per heavy atom. The van der Waals surface area contributed by atoms with E-state index >= 15 is 0 Å². The van der Waals surface area contributed by atoms with E-state index < -0.39 is 0 Å². The zero-order valence-corrected chi connectivity index (χ0v) is 13.6. The number of nitrogens with one attached hydrogen (secondary N) is 2. The molecular weight excluding hydrogens is 304 g/mol. The zero-order valence-electron chi connectivity index (χ0n) is 13.6. The highest BCUT2D eigenvalue weighted by molar-refractivity contribution is 6.03. The van der Waals surface area contributed by atoms with Crippen molar-refractivity contribution in [3.8, 4) is 11.3 Å². The molecule has 3 heterocycles. The van der Waals surface area contributed by atoms with Gasteiger partial charge in [0.2, 0.25) is 5.91 Å². The van der Waals surface area contributed by atoms with Gasteiger partial charge in [0, 0.05) is 54.9 Å². The summed E-state index contributed by atoms with van der Waals surface area (Å²) >= 11 is 0. The second-order valence-corrected chi connectivity index (χ2v) is 6.02. The summed E-state index contributed by atoms with van der Waals surface area (Å²) in [5.74, 6) is 1.49. The van der Waals surface area contributed by atoms with Crippen molar-refractivity contribution >= 4 is 28.3 Å². The van der Waals surface area contributed by atoms with E-state index in [9.17, 15) is 4.79 Å². The lowest BCUT2D eigenvalue weighted by Gasteiger charge is -2.11. The fourth-order valence-electron chi connectivity index (χ4n) is 2.74. The molecule has 1 aliphatic carbocycles. The van der Waals surface area contributed by atoms with Crippen LogP contribution in [0.5, 0.6) is 0 Å². The SMILES string of the molecule is CNc1ncc(-c2ccn(C)n2)c2cc(NC(=O)C3CC3)ncc12. The molecule has 0 unspecified atom stereocenters. The van der Waals surface area contributed by atoms with Gasteiger partial charge < -0.3 is 10.6 Å². The number of amides is 1. The molecule has 0 atom stereocenters. The van der Waals surface area contributed by atoms with Crippen molar-refractivity contribution in [3.63, 3.8) is 0 Å². The fraction of sp³-hybridized carbons (Fsp3) is 0.294. The van der Waals surface area contributed by atoms with Crippen LogP contribution in [0.15, 0.2) is 30.7 Å². The first-order valence-electron chi connectivity index (χ1n) is 7.93. The standard InChI is InChI=1S/C17H18N6O/c1-18-16-13-9-19-15(21-17(24)10-3-4-10)7-11(13)12(8-20-16)14-5-6-23(2)22-14/h5-10H,3-4H2,1-2H3,(H,18,20)(H,19,21,24). The second kappa shape index (κ2) is 5.59. The number of aryl methyl sites for hydroxylation is 1. The number of pyridine rings is 2. The summed E-state index contributed by atoms with van der Waals surface area (Å²) < 4.78 is 1.75. The molecule has 7 heteroatoms. The van der Waals surface area contributed by atoms with Crippen LogP contribution in [0.4, 0.5) is 11.6 Å². The quantitative estimate of drug-likeness (QED) is 0.770. The van der Waals surface area contributed by atoms with Crippen LogP contribution in [-0.4, -0.2) is 32.7 Å². The Hall–Kier alpha value is -2.96. The van der Waals surface area contributed by atoms with Crippen molar-refractivity contribution in [2.45, 2.75) is 12.8 Å². The molecule has 0 aliphatic heterocycles. The van der Waals surface area contributed by atoms with E-state index in [1.54, 1.807) is 17.1 Å². The van der Waals surface area contributed by atoms with Crippen molar-refractivity contribution < 1.29 is 4.79 Å². The first kappa shape index (κ1) is 14.6. The van der Waals surface area contributed by atoms with Gasteiger partial charge in [-0.05, 0) is 25.0 Å². The summed E-state index contributed by atoms with van der Waals surface area (Å²) in [4.78, 5) is 20.8. The van der Waals surface area contributed by atoms with Gasteiger partial charge in [0.1, 0.15) is 11.6 Å². The number of fused-ring (bicyclic) bond motifs is 1. The molecule has 0 saturated heterocycles. The molecule has 24 heavy (non-hydrogen) atoms. The van der Waals surface area contributed by atoms with E-state index in [-0.39, 0.29) is 11.8 Å². The van der Waals surface area contributed by atoms with Gasteiger partial charge >= 0.3 is 0 Å². The lowest BCUT2D eigenvalue weighted by atomic mass is 10.1. The number of hydrogen-bond donors (Lipinski definition) is 2. The molecule has 4 rings (SSSR count). The highest BCUT2D eigenvalue weighted by Crippen LogP contribution is 2.33. The lowest BCUT2D eigenvalue weighted by Crippen LogP contribution is -2.14. The van der Waals surface area contributed by atoms with Crippen molar-refractivity contribution in [1.29, 1.82) is 0 Å². The molecular formula is C17H18N6O. The van der Waals surface area contributed by atoms with Gasteiger partial charge in [-0.1, -0.05) is 0 Å². The Bertz CT molecular complexity index is 928. The first-order chi connectivity index (χ1) is 11.7. The summed E-state index contributed by atoms with van der Waals surface area (Å²) in [6.45, 7) is 0. The number of aromatic nitrogens is 4. The predicted octanol–water partition coefficient (Wildman–Crippen LogP) is 2.42. The molecule has 122 valence electrons. The largest absolute Gasteiger partial charge is 0.373 e. The van der Waals surface area contributed by atoms with E-state index in [1.165, 1.54) is 0 Å². The molecule has 3 aromatic heterocycles. The highest BCUT2D eigenvalue weighted by atomic mass is 16.2. The van der Waals surface area contributed by atoms with Gasteiger partial charge in [-0.3, -0.25) is 9.48 Å². The van der Waals surface area contributed by atoms with Crippen molar-refractivity contribution in [2.75, 3.05) is 17.7 Å². The minimum absolute atomic E-state index is 0.0455. The van der Waals surface area contributed by atoms with E-state index in [2.05, 4.69) is 25.7 Å². The third-order valence-corrected chi connectivity index (χ3v) is 4.20. The zero-order chi connectivity index (χ0) is 16.7. The first-order valence-corrected chi connectivity index (χ1v) is 7.93. The van der Waals surface area contributed by atoms with E-state index in [1.807, 2.05) is 32.4 Å². The van der Waals surface area contributed by atoms with Crippen molar-refractivity contribution in [2.24, 2.45) is 13.0 Å². The van der Waals surface area contributed by atoms with Crippen molar-refractivity contribution in [1.82, 2.24) is 19.7 Å². The molecule has 7 nitrogen and oxygen atoms in total. The predicted molar refractivity (Wildman–Crippen MR) is 92.6 cm³/mol. The molecule has 1 fully saturated rings. The maximum Gasteiger partial charge on any atom is 0.228 e. The maximum atomic E-state index is 12.0. The minimum atomic E-state index is 0.0455. The number of carbonyl (C=O) groups is 1. The van der Waals surface area contributed by atoms with Crippen LogP contribution in [0.3, 0.4) is 0 Å². The van der Waals surface area contributed by atoms with Crippen LogP contribution in [0.25, 0.3) is 22.0 Å². The van der Waals surface area contributed by atoms with E-state index in [4.69, 9.17) is 0 Å². The molecule has 2 N–H and O–H groups in total. The van der Waals surface area contributed by atoms with Crippen molar-refractivity contribution in [3.05, 3.63) is 30.7 Å². The molecule has 0 aromatic carbocycles. The van der Waals surface area contributed by atoms with Crippen LogP contribution in [0.2, 0.25) is 0 Å². The van der Waals surface area contributed by atoms with Gasteiger partial charge in [-0.15, -0.1) is 0 Å². The van der Waals surface area contributed by atoms with E-state index in [0.717, 1.165) is 40.7 Å². The number of hydrogen-bond acceptors (Lipinski definition) is 5. The monoisotopic (exact) mass is 322 g/mol. The summed E-state index contributed by atoms with van der Waals surface area (Å²) in [7, 11) is 3.70. The van der Waals surface area contributed by atoms with Gasteiger partial charge in [-0.25, -0.2) is 9.97 Å². The Kier molecular flexibility index (Phi) is 3.41. The average Bonchev–Trinajstić information content (AvgIpc) is 3.35. The van der Waals surface area contributed by atoms with Gasteiger partial charge in [0.15, 0.2) is 0 Å². The fourth-order valence-corrected chi connectivity index (χ4v) is 2.74. The van der Waals surface area contributed by atoms with Crippen LogP contribution in [-0.2, 0) is 11.8 Å². The Morgan fingerprint density at radius 3 is 2.75 bits per heavy atom. The smallest absolute Gasteiger partial charge is 0.228 e. The maximum absolute atomic E-state index is 12.0. The summed E-state index contributed by atoms with van der Waals surface area (Å²) in [5, 5.41) is 12.3. The molecule has 0 spiro atoms. The van der Waals surface area contributed by atoms with Crippen LogP contribution in [0.1, 0.15) is 12.8 Å². The molecule has 1 amide bonds. The van der Waals surface area contributed by atoms with Crippen LogP contribution >= 0.6 is 0 Å². The lowest BCUT2D eigenvalue weighted by molar-refractivity contribution is -0.117. The molecule has 0 bridgehead atoms. The second-order valence-electron chi connectivity index (χ2n) is 6.02. The van der Waals surface area contributed by atoms with Gasteiger partial charge in [0.05, 0.1) is 5.69 Å².